The van der Waals surface area contributed by atoms with Crippen LogP contribution in [0.25, 0.3) is 0 Å². The second kappa shape index (κ2) is 8.70. The molecule has 1 aromatic rings. The fraction of sp³-hybridized carbons (Fsp3) is 0.579. The zero-order valence-corrected chi connectivity index (χ0v) is 14.0. The molecule has 0 spiro atoms. The Labute approximate surface area is 138 Å². The van der Waals surface area contributed by atoms with Gasteiger partial charge < -0.3 is 10.0 Å². The van der Waals surface area contributed by atoms with Gasteiger partial charge in [0.15, 0.2) is 0 Å². The van der Waals surface area contributed by atoms with Crippen LogP contribution in [0.3, 0.4) is 0 Å². The summed E-state index contributed by atoms with van der Waals surface area (Å²) >= 11 is 0. The summed E-state index contributed by atoms with van der Waals surface area (Å²) in [6.07, 6.45) is 8.55. The van der Waals surface area contributed by atoms with E-state index in [2.05, 4.69) is 0 Å². The quantitative estimate of drug-likeness (QED) is 0.833. The van der Waals surface area contributed by atoms with Crippen molar-refractivity contribution in [2.75, 3.05) is 13.6 Å². The maximum atomic E-state index is 12.2. The zero-order chi connectivity index (χ0) is 16.7. The maximum Gasteiger partial charge on any atom is 0.335 e. The van der Waals surface area contributed by atoms with Gasteiger partial charge in [0.25, 0.3) is 0 Å². The smallest absolute Gasteiger partial charge is 0.335 e. The summed E-state index contributed by atoms with van der Waals surface area (Å²) in [5.41, 5.74) is 1.03. The molecule has 4 nitrogen and oxygen atoms in total. The van der Waals surface area contributed by atoms with Crippen molar-refractivity contribution in [2.45, 2.75) is 51.4 Å². The Morgan fingerprint density at radius 1 is 1.17 bits per heavy atom. The van der Waals surface area contributed by atoms with Crippen molar-refractivity contribution >= 4 is 11.9 Å². The summed E-state index contributed by atoms with van der Waals surface area (Å²) in [7, 11) is 1.86. The second-order valence-electron chi connectivity index (χ2n) is 6.57. The second-order valence-corrected chi connectivity index (χ2v) is 6.57. The van der Waals surface area contributed by atoms with Crippen LogP contribution in [-0.4, -0.2) is 35.5 Å². The molecule has 1 aliphatic rings. The van der Waals surface area contributed by atoms with Gasteiger partial charge in [-0.25, -0.2) is 4.79 Å². The van der Waals surface area contributed by atoms with E-state index in [0.717, 1.165) is 24.4 Å². The molecule has 1 N–H and O–H groups in total. The molecule has 0 aliphatic heterocycles. The van der Waals surface area contributed by atoms with E-state index in [1.165, 1.54) is 32.1 Å². The van der Waals surface area contributed by atoms with Gasteiger partial charge in [-0.05, 0) is 30.4 Å². The molecule has 23 heavy (non-hydrogen) atoms. The van der Waals surface area contributed by atoms with E-state index in [9.17, 15) is 14.7 Å². The van der Waals surface area contributed by atoms with Crippen LogP contribution in [0.15, 0.2) is 24.3 Å². The third-order valence-electron chi connectivity index (χ3n) is 4.88. The summed E-state index contributed by atoms with van der Waals surface area (Å²) in [6, 6.07) is 6.91. The van der Waals surface area contributed by atoms with Crippen LogP contribution in [-0.2, 0) is 11.2 Å². The average Bonchev–Trinajstić information content (AvgIpc) is 2.58. The van der Waals surface area contributed by atoms with Crippen molar-refractivity contribution < 1.29 is 14.7 Å². The SMILES string of the molecule is CN(CCC1CCCCC1)C(=O)CCc1ccccc1C(=O)O. The first-order valence-electron chi connectivity index (χ1n) is 8.63. The van der Waals surface area contributed by atoms with Gasteiger partial charge in [0, 0.05) is 20.0 Å². The maximum absolute atomic E-state index is 12.2. The Morgan fingerprint density at radius 2 is 1.87 bits per heavy atom. The summed E-state index contributed by atoms with van der Waals surface area (Å²) in [5.74, 6) is -0.0635. The van der Waals surface area contributed by atoms with Gasteiger partial charge in [0.2, 0.25) is 5.91 Å². The number of rotatable bonds is 7. The van der Waals surface area contributed by atoms with Crippen molar-refractivity contribution in [1.82, 2.24) is 4.90 Å². The zero-order valence-electron chi connectivity index (χ0n) is 14.0. The number of amides is 1. The summed E-state index contributed by atoms with van der Waals surface area (Å²) in [4.78, 5) is 25.2. The highest BCUT2D eigenvalue weighted by Crippen LogP contribution is 2.26. The van der Waals surface area contributed by atoms with Gasteiger partial charge in [0.1, 0.15) is 0 Å². The Morgan fingerprint density at radius 3 is 2.57 bits per heavy atom. The predicted molar refractivity (Wildman–Crippen MR) is 90.6 cm³/mol. The number of nitrogens with zero attached hydrogens (tertiary/aromatic N) is 1. The van der Waals surface area contributed by atoms with Crippen LogP contribution in [0.5, 0.6) is 0 Å². The van der Waals surface area contributed by atoms with Gasteiger partial charge in [-0.15, -0.1) is 0 Å². The van der Waals surface area contributed by atoms with E-state index in [1.807, 2.05) is 13.1 Å². The third kappa shape index (κ3) is 5.38. The predicted octanol–water partition coefficient (Wildman–Crippen LogP) is 3.75. The topological polar surface area (TPSA) is 57.6 Å². The van der Waals surface area contributed by atoms with E-state index in [4.69, 9.17) is 0 Å². The number of carboxylic acids is 1. The molecular formula is C19H27NO3. The summed E-state index contributed by atoms with van der Waals surface area (Å²) in [5, 5.41) is 9.17. The highest BCUT2D eigenvalue weighted by molar-refractivity contribution is 5.89. The molecule has 0 radical (unpaired) electrons. The highest BCUT2D eigenvalue weighted by atomic mass is 16.4. The van der Waals surface area contributed by atoms with Crippen LogP contribution in [0.2, 0.25) is 0 Å². The van der Waals surface area contributed by atoms with Crippen LogP contribution < -0.4 is 0 Å². The molecule has 0 bridgehead atoms. The number of aryl methyl sites for hydroxylation is 1. The lowest BCUT2D eigenvalue weighted by atomic mass is 9.87. The Kier molecular flexibility index (Phi) is 6.63. The minimum absolute atomic E-state index is 0.0981. The number of carboxylic acid groups (broad SMARTS) is 1. The van der Waals surface area contributed by atoms with E-state index >= 15 is 0 Å². The molecule has 1 aliphatic carbocycles. The van der Waals surface area contributed by atoms with Crippen LogP contribution in [0.4, 0.5) is 0 Å². The number of hydrogen-bond donors (Lipinski definition) is 1. The molecule has 1 saturated carbocycles. The van der Waals surface area contributed by atoms with Crippen molar-refractivity contribution in [2.24, 2.45) is 5.92 Å². The molecule has 0 aromatic heterocycles. The Balaban J connectivity index is 1.78. The molecule has 2 rings (SSSR count). The number of carbonyl (C=O) groups is 2. The Hall–Kier alpha value is -1.84. The first-order chi connectivity index (χ1) is 11.1. The lowest BCUT2D eigenvalue weighted by Gasteiger charge is -2.24. The van der Waals surface area contributed by atoms with E-state index in [-0.39, 0.29) is 5.91 Å². The first-order valence-corrected chi connectivity index (χ1v) is 8.63. The lowest BCUT2D eigenvalue weighted by molar-refractivity contribution is -0.130. The van der Waals surface area contributed by atoms with Gasteiger partial charge in [-0.3, -0.25) is 4.79 Å². The minimum Gasteiger partial charge on any atom is -0.478 e. The van der Waals surface area contributed by atoms with Crippen molar-refractivity contribution in [3.63, 3.8) is 0 Å². The molecule has 4 heteroatoms. The van der Waals surface area contributed by atoms with Gasteiger partial charge in [-0.2, -0.15) is 0 Å². The fourth-order valence-corrected chi connectivity index (χ4v) is 3.36. The van der Waals surface area contributed by atoms with Crippen molar-refractivity contribution in [1.29, 1.82) is 0 Å². The highest BCUT2D eigenvalue weighted by Gasteiger charge is 2.16. The average molecular weight is 317 g/mol. The van der Waals surface area contributed by atoms with Crippen LogP contribution in [0, 0.1) is 5.92 Å². The largest absolute Gasteiger partial charge is 0.478 e. The minimum atomic E-state index is -0.932. The number of benzene rings is 1. The van der Waals surface area contributed by atoms with Gasteiger partial charge >= 0.3 is 5.97 Å². The molecule has 1 amide bonds. The Bertz CT molecular complexity index is 535. The van der Waals surface area contributed by atoms with Gasteiger partial charge in [-0.1, -0.05) is 50.3 Å². The number of aromatic carboxylic acids is 1. The molecule has 126 valence electrons. The van der Waals surface area contributed by atoms with E-state index in [1.54, 1.807) is 23.1 Å². The monoisotopic (exact) mass is 317 g/mol. The molecule has 0 heterocycles. The molecular weight excluding hydrogens is 290 g/mol. The fourth-order valence-electron chi connectivity index (χ4n) is 3.36. The van der Waals surface area contributed by atoms with Crippen molar-refractivity contribution in [3.8, 4) is 0 Å². The van der Waals surface area contributed by atoms with Crippen molar-refractivity contribution in [3.05, 3.63) is 35.4 Å². The standard InChI is InChI=1S/C19H27NO3/c1-20(14-13-15-7-3-2-4-8-15)18(21)12-11-16-9-5-6-10-17(16)19(22)23/h5-6,9-10,15H,2-4,7-8,11-14H2,1H3,(H,22,23). The van der Waals surface area contributed by atoms with Gasteiger partial charge in [0.05, 0.1) is 5.56 Å². The number of carbonyl (C=O) groups excluding carboxylic acids is 1. The summed E-state index contributed by atoms with van der Waals surface area (Å²) in [6.45, 7) is 0.810. The lowest BCUT2D eigenvalue weighted by Crippen LogP contribution is -2.29. The van der Waals surface area contributed by atoms with E-state index < -0.39 is 5.97 Å². The van der Waals surface area contributed by atoms with Crippen LogP contribution >= 0.6 is 0 Å². The normalized spacial score (nSPS) is 15.3. The first kappa shape index (κ1) is 17.5. The summed E-state index contributed by atoms with van der Waals surface area (Å²) < 4.78 is 0. The molecule has 1 aromatic carbocycles. The van der Waals surface area contributed by atoms with E-state index in [0.29, 0.717) is 18.4 Å². The molecule has 1 fully saturated rings. The molecule has 0 atom stereocenters. The van der Waals surface area contributed by atoms with Crippen LogP contribution in [0.1, 0.15) is 60.9 Å². The third-order valence-corrected chi connectivity index (χ3v) is 4.88. The molecule has 0 unspecified atom stereocenters. The molecule has 0 saturated heterocycles. The number of hydrogen-bond acceptors (Lipinski definition) is 2.